The summed E-state index contributed by atoms with van der Waals surface area (Å²) in [6.45, 7) is 3.60. The molecular formula is C29H38F4O5. The van der Waals surface area contributed by atoms with Crippen LogP contribution in [-0.2, 0) is 15.7 Å². The van der Waals surface area contributed by atoms with Gasteiger partial charge in [0.05, 0.1) is 30.0 Å². The van der Waals surface area contributed by atoms with Crippen molar-refractivity contribution >= 4 is 16.7 Å². The number of alkyl halides is 3. The second kappa shape index (κ2) is 13.2. The van der Waals surface area contributed by atoms with Crippen molar-refractivity contribution in [2.45, 2.75) is 102 Å². The number of rotatable bonds is 12. The van der Waals surface area contributed by atoms with Gasteiger partial charge in [0.2, 0.25) is 0 Å². The van der Waals surface area contributed by atoms with E-state index < -0.39 is 41.3 Å². The highest BCUT2D eigenvalue weighted by molar-refractivity contribution is 5.87. The van der Waals surface area contributed by atoms with E-state index in [-0.39, 0.29) is 47.7 Å². The van der Waals surface area contributed by atoms with Crippen LogP contribution in [0.3, 0.4) is 0 Å². The van der Waals surface area contributed by atoms with Gasteiger partial charge in [-0.25, -0.2) is 4.39 Å². The third kappa shape index (κ3) is 7.67. The average Bonchev–Trinajstić information content (AvgIpc) is 3.10. The van der Waals surface area contributed by atoms with Gasteiger partial charge in [-0.15, -0.1) is 0 Å². The third-order valence-electron chi connectivity index (χ3n) is 7.51. The van der Waals surface area contributed by atoms with Crippen LogP contribution >= 0.6 is 0 Å². The molecule has 2 aromatic carbocycles. The van der Waals surface area contributed by atoms with Crippen LogP contribution in [0.1, 0.15) is 88.9 Å². The molecule has 38 heavy (non-hydrogen) atoms. The standard InChI is InChI=1S/C29H38F4O5/c1-17(2)38-26(37)11-6-4-3-5-9-19-20(25(36)16-24(19)35)14-15-23(34)21-13-12-18-8-7-10-22(29(31,32)33)27(18)28(21)30/h7-8,10,12-13,17,19-20,23-25,34-36H,3-6,9,11,14-16H2,1-2H3/t19-,20-,23?,24+,25-/m1/s1. The van der Waals surface area contributed by atoms with Crippen LogP contribution in [0.25, 0.3) is 10.8 Å². The van der Waals surface area contributed by atoms with Crippen molar-refractivity contribution in [1.29, 1.82) is 0 Å². The van der Waals surface area contributed by atoms with Gasteiger partial charge < -0.3 is 20.1 Å². The highest BCUT2D eigenvalue weighted by Crippen LogP contribution is 2.42. The molecule has 5 nitrogen and oxygen atoms in total. The van der Waals surface area contributed by atoms with E-state index in [1.165, 1.54) is 24.3 Å². The number of benzene rings is 2. The van der Waals surface area contributed by atoms with Crippen molar-refractivity contribution in [2.24, 2.45) is 11.8 Å². The summed E-state index contributed by atoms with van der Waals surface area (Å²) in [5.74, 6) is -1.81. The van der Waals surface area contributed by atoms with Crippen molar-refractivity contribution < 1.29 is 42.4 Å². The molecule has 212 valence electrons. The molecule has 0 heterocycles. The molecular weight excluding hydrogens is 504 g/mol. The quantitative estimate of drug-likeness (QED) is 0.163. The Morgan fingerprint density at radius 1 is 1.00 bits per heavy atom. The van der Waals surface area contributed by atoms with Gasteiger partial charge >= 0.3 is 12.1 Å². The summed E-state index contributed by atoms with van der Waals surface area (Å²) < 4.78 is 60.7. The molecule has 0 radical (unpaired) electrons. The zero-order valence-electron chi connectivity index (χ0n) is 21.9. The first-order valence-electron chi connectivity index (χ1n) is 13.4. The molecule has 3 rings (SSSR count). The SMILES string of the molecule is CC(C)OC(=O)CCCCCC[C@@H]1[C@@H](CCC(O)c2ccc3cccc(C(F)(F)F)c3c2F)[C@H](O)C[C@@H]1O. The Morgan fingerprint density at radius 3 is 2.32 bits per heavy atom. The summed E-state index contributed by atoms with van der Waals surface area (Å²) in [6, 6.07) is 6.10. The normalized spacial score (nSPS) is 22.8. The number of aliphatic hydroxyl groups is 3. The summed E-state index contributed by atoms with van der Waals surface area (Å²) in [6.07, 6.45) is -2.92. The summed E-state index contributed by atoms with van der Waals surface area (Å²) >= 11 is 0. The average molecular weight is 543 g/mol. The first kappa shape index (κ1) is 30.3. The highest BCUT2D eigenvalue weighted by atomic mass is 19.4. The molecule has 0 amide bonds. The molecule has 0 aliphatic heterocycles. The Morgan fingerprint density at radius 2 is 1.66 bits per heavy atom. The molecule has 2 aromatic rings. The predicted molar refractivity (Wildman–Crippen MR) is 136 cm³/mol. The minimum Gasteiger partial charge on any atom is -0.463 e. The van der Waals surface area contributed by atoms with Crippen LogP contribution in [-0.4, -0.2) is 39.6 Å². The number of carbonyl (C=O) groups excluding carboxylic acids is 1. The predicted octanol–water partition coefficient (Wildman–Crippen LogP) is 6.46. The van der Waals surface area contributed by atoms with E-state index in [4.69, 9.17) is 4.74 Å². The van der Waals surface area contributed by atoms with Gasteiger partial charge in [0.1, 0.15) is 5.82 Å². The fraction of sp³-hybridized carbons (Fsp3) is 0.621. The van der Waals surface area contributed by atoms with E-state index in [0.29, 0.717) is 25.7 Å². The maximum absolute atomic E-state index is 15.2. The monoisotopic (exact) mass is 542 g/mol. The first-order valence-corrected chi connectivity index (χ1v) is 13.4. The van der Waals surface area contributed by atoms with Crippen LogP contribution < -0.4 is 0 Å². The molecule has 0 bridgehead atoms. The lowest BCUT2D eigenvalue weighted by Crippen LogP contribution is -2.23. The lowest BCUT2D eigenvalue weighted by atomic mass is 9.84. The van der Waals surface area contributed by atoms with E-state index in [0.717, 1.165) is 25.3 Å². The molecule has 1 fully saturated rings. The number of unbranched alkanes of at least 4 members (excludes halogenated alkanes) is 3. The van der Waals surface area contributed by atoms with Crippen LogP contribution in [0, 0.1) is 17.7 Å². The molecule has 1 aliphatic carbocycles. The highest BCUT2D eigenvalue weighted by Gasteiger charge is 2.41. The maximum Gasteiger partial charge on any atom is 0.417 e. The summed E-state index contributed by atoms with van der Waals surface area (Å²) in [5.41, 5.74) is -1.30. The molecule has 1 saturated carbocycles. The number of aliphatic hydroxyl groups excluding tert-OH is 3. The number of carbonyl (C=O) groups is 1. The number of hydrogen-bond acceptors (Lipinski definition) is 5. The third-order valence-corrected chi connectivity index (χ3v) is 7.51. The van der Waals surface area contributed by atoms with E-state index in [2.05, 4.69) is 0 Å². The van der Waals surface area contributed by atoms with E-state index >= 15 is 4.39 Å². The number of esters is 1. The van der Waals surface area contributed by atoms with E-state index in [1.807, 2.05) is 0 Å². The zero-order chi connectivity index (χ0) is 28.0. The molecule has 3 N–H and O–H groups in total. The smallest absolute Gasteiger partial charge is 0.417 e. The second-order valence-corrected chi connectivity index (χ2v) is 10.7. The van der Waals surface area contributed by atoms with Crippen molar-refractivity contribution in [3.05, 3.63) is 47.3 Å². The van der Waals surface area contributed by atoms with Gasteiger partial charge in [-0.1, -0.05) is 43.5 Å². The summed E-state index contributed by atoms with van der Waals surface area (Å²) in [5, 5.41) is 31.3. The largest absolute Gasteiger partial charge is 0.463 e. The van der Waals surface area contributed by atoms with Crippen LogP contribution in [0.2, 0.25) is 0 Å². The number of hydrogen-bond donors (Lipinski definition) is 3. The molecule has 0 saturated heterocycles. The second-order valence-electron chi connectivity index (χ2n) is 10.7. The van der Waals surface area contributed by atoms with Gasteiger partial charge in [-0.3, -0.25) is 4.79 Å². The first-order chi connectivity index (χ1) is 17.9. The fourth-order valence-corrected chi connectivity index (χ4v) is 5.66. The molecule has 0 spiro atoms. The van der Waals surface area contributed by atoms with Crippen molar-refractivity contribution in [1.82, 2.24) is 0 Å². The minimum atomic E-state index is -4.74. The molecule has 1 aliphatic rings. The lowest BCUT2D eigenvalue weighted by molar-refractivity contribution is -0.147. The Bertz CT molecular complexity index is 1070. The molecule has 1 unspecified atom stereocenters. The zero-order valence-corrected chi connectivity index (χ0v) is 21.9. The number of halogens is 4. The van der Waals surface area contributed by atoms with Crippen molar-refractivity contribution in [2.75, 3.05) is 0 Å². The fourth-order valence-electron chi connectivity index (χ4n) is 5.66. The molecule has 9 heteroatoms. The maximum atomic E-state index is 15.2. The van der Waals surface area contributed by atoms with Crippen molar-refractivity contribution in [3.8, 4) is 0 Å². The Hall–Kier alpha value is -2.23. The summed E-state index contributed by atoms with van der Waals surface area (Å²) in [7, 11) is 0. The van der Waals surface area contributed by atoms with E-state index in [1.54, 1.807) is 13.8 Å². The van der Waals surface area contributed by atoms with E-state index in [9.17, 15) is 33.3 Å². The molecule has 0 aromatic heterocycles. The van der Waals surface area contributed by atoms with Crippen LogP contribution in [0.15, 0.2) is 30.3 Å². The summed E-state index contributed by atoms with van der Waals surface area (Å²) in [4.78, 5) is 11.6. The van der Waals surface area contributed by atoms with Gasteiger partial charge in [0, 0.05) is 17.4 Å². The number of ether oxygens (including phenoxy) is 1. The minimum absolute atomic E-state index is 0.0412. The van der Waals surface area contributed by atoms with Gasteiger partial charge in [-0.2, -0.15) is 13.2 Å². The topological polar surface area (TPSA) is 87.0 Å². The lowest BCUT2D eigenvalue weighted by Gasteiger charge is -2.25. The van der Waals surface area contributed by atoms with Gasteiger partial charge in [-0.05, 0) is 69.2 Å². The molecule has 5 atom stereocenters. The Balaban J connectivity index is 1.57. The Labute approximate surface area is 220 Å². The van der Waals surface area contributed by atoms with Crippen LogP contribution in [0.5, 0.6) is 0 Å². The Kier molecular flexibility index (Phi) is 10.5. The number of fused-ring (bicyclic) bond motifs is 1. The van der Waals surface area contributed by atoms with Gasteiger partial charge in [0.15, 0.2) is 0 Å². The van der Waals surface area contributed by atoms with Gasteiger partial charge in [0.25, 0.3) is 0 Å². The van der Waals surface area contributed by atoms with Crippen molar-refractivity contribution in [3.63, 3.8) is 0 Å². The van der Waals surface area contributed by atoms with Crippen LogP contribution in [0.4, 0.5) is 17.6 Å².